The molecule has 1 N–H and O–H groups in total. The van der Waals surface area contributed by atoms with Crippen LogP contribution in [0.5, 0.6) is 0 Å². The molecular formula is C21H19FN2O3S. The van der Waals surface area contributed by atoms with Gasteiger partial charge in [-0.1, -0.05) is 36.4 Å². The van der Waals surface area contributed by atoms with Crippen molar-refractivity contribution in [2.45, 2.75) is 24.3 Å². The number of hydrogen-bond donors (Lipinski definition) is 1. The van der Waals surface area contributed by atoms with Gasteiger partial charge in [-0.25, -0.2) is 12.8 Å². The van der Waals surface area contributed by atoms with Crippen LogP contribution in [0, 0.1) is 5.82 Å². The van der Waals surface area contributed by atoms with Crippen molar-refractivity contribution in [2.75, 3.05) is 10.8 Å². The summed E-state index contributed by atoms with van der Waals surface area (Å²) in [4.78, 5) is 12.4. The highest BCUT2D eigenvalue weighted by molar-refractivity contribution is 7.93. The van der Waals surface area contributed by atoms with E-state index in [1.54, 1.807) is 30.3 Å². The lowest BCUT2D eigenvalue weighted by molar-refractivity contribution is -0.121. The highest BCUT2D eigenvalue weighted by atomic mass is 32.2. The summed E-state index contributed by atoms with van der Waals surface area (Å²) in [6.45, 7) is 0.548. The molecule has 0 radical (unpaired) electrons. The van der Waals surface area contributed by atoms with Gasteiger partial charge in [-0.05, 0) is 41.6 Å². The molecule has 0 saturated carbocycles. The van der Waals surface area contributed by atoms with Crippen LogP contribution in [0.1, 0.15) is 18.4 Å². The number of amides is 1. The highest BCUT2D eigenvalue weighted by Gasteiger charge is 2.34. The van der Waals surface area contributed by atoms with Gasteiger partial charge in [0.15, 0.2) is 0 Å². The van der Waals surface area contributed by atoms with Crippen LogP contribution in [0.3, 0.4) is 0 Å². The van der Waals surface area contributed by atoms with Crippen LogP contribution in [0.15, 0.2) is 65.6 Å². The van der Waals surface area contributed by atoms with E-state index in [0.29, 0.717) is 23.5 Å². The fourth-order valence-corrected chi connectivity index (χ4v) is 5.22. The van der Waals surface area contributed by atoms with E-state index >= 15 is 0 Å². The lowest BCUT2D eigenvalue weighted by Crippen LogP contribution is -2.30. The SMILES string of the molecule is O=C(CCCN1c2cccc3cccc(c23)S1(=O)=O)NCc1ccc(F)cc1. The van der Waals surface area contributed by atoms with Gasteiger partial charge < -0.3 is 5.32 Å². The number of carbonyl (C=O) groups is 1. The summed E-state index contributed by atoms with van der Waals surface area (Å²) < 4.78 is 40.0. The molecule has 0 saturated heterocycles. The maximum absolute atomic E-state index is 12.9. The Labute approximate surface area is 162 Å². The van der Waals surface area contributed by atoms with Crippen molar-refractivity contribution >= 4 is 32.4 Å². The smallest absolute Gasteiger partial charge is 0.265 e. The van der Waals surface area contributed by atoms with E-state index in [9.17, 15) is 17.6 Å². The van der Waals surface area contributed by atoms with Gasteiger partial charge >= 0.3 is 0 Å². The molecule has 3 aromatic rings. The zero-order valence-corrected chi connectivity index (χ0v) is 15.9. The molecule has 0 spiro atoms. The summed E-state index contributed by atoms with van der Waals surface area (Å²) in [6, 6.07) is 16.7. The molecule has 0 bridgehead atoms. The number of anilines is 1. The molecule has 0 aromatic heterocycles. The Balaban J connectivity index is 1.38. The largest absolute Gasteiger partial charge is 0.352 e. The Morgan fingerprint density at radius 1 is 1.00 bits per heavy atom. The predicted molar refractivity (Wildman–Crippen MR) is 106 cm³/mol. The first-order valence-corrected chi connectivity index (χ1v) is 10.5. The third-order valence-corrected chi connectivity index (χ3v) is 6.70. The normalized spacial score (nSPS) is 14.4. The monoisotopic (exact) mass is 398 g/mol. The molecule has 0 aliphatic carbocycles. The Hall–Kier alpha value is -2.93. The summed E-state index contributed by atoms with van der Waals surface area (Å²) in [6.07, 6.45) is 0.610. The average Bonchev–Trinajstić information content (AvgIpc) is 2.91. The topological polar surface area (TPSA) is 66.5 Å². The van der Waals surface area contributed by atoms with E-state index in [-0.39, 0.29) is 24.7 Å². The van der Waals surface area contributed by atoms with Gasteiger partial charge in [0.1, 0.15) is 5.82 Å². The second kappa shape index (κ2) is 7.24. The Bertz CT molecular complexity index is 1140. The van der Waals surface area contributed by atoms with E-state index in [1.807, 2.05) is 18.2 Å². The van der Waals surface area contributed by atoms with Crippen LogP contribution in [0.25, 0.3) is 10.8 Å². The number of halogens is 1. The van der Waals surface area contributed by atoms with Crippen LogP contribution in [0.2, 0.25) is 0 Å². The molecule has 144 valence electrons. The maximum atomic E-state index is 12.9. The average molecular weight is 398 g/mol. The molecule has 5 nitrogen and oxygen atoms in total. The first-order valence-electron chi connectivity index (χ1n) is 9.02. The molecule has 1 amide bonds. The Morgan fingerprint density at radius 3 is 2.46 bits per heavy atom. The summed E-state index contributed by atoms with van der Waals surface area (Å²) >= 11 is 0. The quantitative estimate of drug-likeness (QED) is 0.690. The number of carbonyl (C=O) groups excluding carboxylic acids is 1. The molecule has 0 fully saturated rings. The van der Waals surface area contributed by atoms with Crippen molar-refractivity contribution in [3.63, 3.8) is 0 Å². The highest BCUT2D eigenvalue weighted by Crippen LogP contribution is 2.41. The van der Waals surface area contributed by atoms with E-state index in [1.165, 1.54) is 16.4 Å². The van der Waals surface area contributed by atoms with Crippen molar-refractivity contribution < 1.29 is 17.6 Å². The first kappa shape index (κ1) is 18.4. The first-order chi connectivity index (χ1) is 13.5. The number of hydrogen-bond acceptors (Lipinski definition) is 3. The van der Waals surface area contributed by atoms with Gasteiger partial charge in [-0.3, -0.25) is 9.10 Å². The van der Waals surface area contributed by atoms with Gasteiger partial charge in [0.05, 0.1) is 10.6 Å². The predicted octanol–water partition coefficient (Wildman–Crippen LogP) is 3.58. The Morgan fingerprint density at radius 2 is 1.71 bits per heavy atom. The minimum atomic E-state index is -3.59. The summed E-state index contributed by atoms with van der Waals surface area (Å²) in [5.74, 6) is -0.491. The van der Waals surface area contributed by atoms with Gasteiger partial charge in [-0.15, -0.1) is 0 Å². The number of sulfonamides is 1. The zero-order valence-electron chi connectivity index (χ0n) is 15.1. The third-order valence-electron chi connectivity index (χ3n) is 4.85. The van der Waals surface area contributed by atoms with Crippen molar-refractivity contribution in [3.05, 3.63) is 72.0 Å². The van der Waals surface area contributed by atoms with Gasteiger partial charge in [0.2, 0.25) is 5.91 Å². The lowest BCUT2D eigenvalue weighted by atomic mass is 10.1. The second-order valence-electron chi connectivity index (χ2n) is 6.72. The minimum absolute atomic E-state index is 0.170. The van der Waals surface area contributed by atoms with Gasteiger partial charge in [0.25, 0.3) is 10.0 Å². The molecule has 1 heterocycles. The molecule has 7 heteroatoms. The van der Waals surface area contributed by atoms with Crippen molar-refractivity contribution in [2.24, 2.45) is 0 Å². The Kier molecular flexibility index (Phi) is 4.77. The number of rotatable bonds is 6. The van der Waals surface area contributed by atoms with Crippen molar-refractivity contribution in [1.82, 2.24) is 5.32 Å². The minimum Gasteiger partial charge on any atom is -0.352 e. The molecule has 3 aromatic carbocycles. The van der Waals surface area contributed by atoms with Crippen LogP contribution in [-0.2, 0) is 21.4 Å². The van der Waals surface area contributed by atoms with Crippen LogP contribution in [-0.4, -0.2) is 20.9 Å². The maximum Gasteiger partial charge on any atom is 0.265 e. The number of benzene rings is 3. The summed E-state index contributed by atoms with van der Waals surface area (Å²) in [7, 11) is -3.59. The van der Waals surface area contributed by atoms with Crippen molar-refractivity contribution in [3.8, 4) is 0 Å². The molecule has 0 atom stereocenters. The number of nitrogens with zero attached hydrogens (tertiary/aromatic N) is 1. The molecule has 4 rings (SSSR count). The van der Waals surface area contributed by atoms with Crippen molar-refractivity contribution in [1.29, 1.82) is 0 Å². The molecule has 1 aliphatic heterocycles. The van der Waals surface area contributed by atoms with Crippen LogP contribution in [0.4, 0.5) is 10.1 Å². The fraction of sp³-hybridized carbons (Fsp3) is 0.190. The van der Waals surface area contributed by atoms with Gasteiger partial charge in [-0.2, -0.15) is 0 Å². The van der Waals surface area contributed by atoms with Gasteiger partial charge in [0, 0.05) is 24.9 Å². The van der Waals surface area contributed by atoms with Crippen LogP contribution < -0.4 is 9.62 Å². The fourth-order valence-electron chi connectivity index (χ4n) is 3.47. The zero-order chi connectivity index (χ0) is 19.7. The van der Waals surface area contributed by atoms with E-state index in [2.05, 4.69) is 5.32 Å². The second-order valence-corrected chi connectivity index (χ2v) is 8.55. The molecule has 1 aliphatic rings. The third kappa shape index (κ3) is 3.33. The summed E-state index contributed by atoms with van der Waals surface area (Å²) in [5, 5.41) is 4.40. The molecule has 0 unspecified atom stereocenters. The van der Waals surface area contributed by atoms with E-state index < -0.39 is 10.0 Å². The number of nitrogens with one attached hydrogen (secondary N) is 1. The lowest BCUT2D eigenvalue weighted by Gasteiger charge is -2.18. The standard InChI is InChI=1S/C21H19FN2O3S/c22-17-11-9-15(10-12-17)14-23-20(25)8-3-13-24-18-6-1-4-16-5-2-7-19(21(16)18)28(24,26)27/h1-2,4-7,9-12H,3,8,13-14H2,(H,23,25). The summed E-state index contributed by atoms with van der Waals surface area (Å²) in [5.41, 5.74) is 1.47. The van der Waals surface area contributed by atoms with E-state index in [4.69, 9.17) is 0 Å². The van der Waals surface area contributed by atoms with Crippen LogP contribution >= 0.6 is 0 Å². The van der Waals surface area contributed by atoms with E-state index in [0.717, 1.165) is 16.3 Å². The molecular weight excluding hydrogens is 379 g/mol. The molecule has 28 heavy (non-hydrogen) atoms.